The van der Waals surface area contributed by atoms with Crippen molar-refractivity contribution in [3.8, 4) is 11.5 Å². The number of aliphatic imine (C=N–C) groups is 1. The molecule has 182 valence electrons. The van der Waals surface area contributed by atoms with E-state index in [0.29, 0.717) is 42.4 Å². The molecule has 0 radical (unpaired) electrons. The zero-order valence-electron chi connectivity index (χ0n) is 19.9. The highest BCUT2D eigenvalue weighted by molar-refractivity contribution is 5.91. The Morgan fingerprint density at radius 3 is 2.03 bits per heavy atom. The Kier molecular flexibility index (Phi) is 10.0. The molecular weight excluding hydrogens is 446 g/mol. The first kappa shape index (κ1) is 25.6. The number of carbonyl (C=O) groups is 2. The third kappa shape index (κ3) is 8.39. The summed E-state index contributed by atoms with van der Waals surface area (Å²) in [5, 5.41) is 0. The second-order valence-electron chi connectivity index (χ2n) is 7.47. The Morgan fingerprint density at radius 2 is 1.37 bits per heavy atom. The highest BCUT2D eigenvalue weighted by Crippen LogP contribution is 2.18. The van der Waals surface area contributed by atoms with Gasteiger partial charge in [0.1, 0.15) is 18.1 Å². The van der Waals surface area contributed by atoms with Crippen LogP contribution in [-0.4, -0.2) is 44.6 Å². The molecule has 7 heteroatoms. The number of carbonyl (C=O) groups excluding carboxylic acids is 2. The van der Waals surface area contributed by atoms with E-state index in [1.54, 1.807) is 79.0 Å². The normalized spacial score (nSPS) is 10.8. The van der Waals surface area contributed by atoms with E-state index in [2.05, 4.69) is 4.99 Å². The van der Waals surface area contributed by atoms with Gasteiger partial charge in [-0.2, -0.15) is 0 Å². The van der Waals surface area contributed by atoms with Gasteiger partial charge in [-0.3, -0.25) is 4.99 Å². The molecule has 0 fully saturated rings. The van der Waals surface area contributed by atoms with Gasteiger partial charge in [0.2, 0.25) is 0 Å². The van der Waals surface area contributed by atoms with Crippen LogP contribution >= 0.6 is 0 Å². The zero-order chi connectivity index (χ0) is 24.9. The van der Waals surface area contributed by atoms with E-state index >= 15 is 0 Å². The Labute approximate surface area is 205 Å². The van der Waals surface area contributed by atoms with Gasteiger partial charge >= 0.3 is 11.9 Å². The molecule has 0 bridgehead atoms. The van der Waals surface area contributed by atoms with Gasteiger partial charge in [-0.25, -0.2) is 9.59 Å². The van der Waals surface area contributed by atoms with E-state index in [9.17, 15) is 9.59 Å². The predicted octanol–water partition coefficient (Wildman–Crippen LogP) is 5.64. The maximum atomic E-state index is 12.4. The summed E-state index contributed by atoms with van der Waals surface area (Å²) in [6.45, 7) is 5.74. The summed E-state index contributed by atoms with van der Waals surface area (Å²) in [7, 11) is 0. The molecule has 0 heterocycles. The van der Waals surface area contributed by atoms with Crippen molar-refractivity contribution in [2.24, 2.45) is 4.99 Å². The molecule has 3 rings (SSSR count). The number of benzene rings is 3. The lowest BCUT2D eigenvalue weighted by molar-refractivity contribution is 0.0335. The lowest BCUT2D eigenvalue weighted by atomic mass is 10.2. The second-order valence-corrected chi connectivity index (χ2v) is 7.47. The molecule has 0 saturated carbocycles. The van der Waals surface area contributed by atoms with Crippen LogP contribution in [0.4, 0.5) is 5.69 Å². The molecule has 0 atom stereocenters. The first-order chi connectivity index (χ1) is 17.1. The van der Waals surface area contributed by atoms with E-state index in [-0.39, 0.29) is 6.61 Å². The highest BCUT2D eigenvalue weighted by atomic mass is 16.6. The molecule has 0 aliphatic carbocycles. The molecule has 0 spiro atoms. The summed E-state index contributed by atoms with van der Waals surface area (Å²) >= 11 is 0. The van der Waals surface area contributed by atoms with Crippen LogP contribution in [0.5, 0.6) is 11.5 Å². The fourth-order valence-corrected chi connectivity index (χ4v) is 2.95. The van der Waals surface area contributed by atoms with Gasteiger partial charge < -0.3 is 18.9 Å². The van der Waals surface area contributed by atoms with Gasteiger partial charge in [0, 0.05) is 12.8 Å². The molecule has 0 N–H and O–H groups in total. The molecule has 0 saturated heterocycles. The fourth-order valence-electron chi connectivity index (χ4n) is 2.95. The van der Waals surface area contributed by atoms with Gasteiger partial charge in [-0.1, -0.05) is 6.92 Å². The number of hydrogen-bond donors (Lipinski definition) is 0. The molecule has 0 aromatic heterocycles. The van der Waals surface area contributed by atoms with Crippen molar-refractivity contribution < 1.29 is 28.5 Å². The minimum atomic E-state index is -0.440. The van der Waals surface area contributed by atoms with Gasteiger partial charge in [-0.15, -0.1) is 0 Å². The van der Waals surface area contributed by atoms with E-state index < -0.39 is 11.9 Å². The molecule has 0 amide bonds. The summed E-state index contributed by atoms with van der Waals surface area (Å²) in [4.78, 5) is 28.8. The van der Waals surface area contributed by atoms with Crippen molar-refractivity contribution in [1.82, 2.24) is 0 Å². The van der Waals surface area contributed by atoms with Crippen LogP contribution in [0.15, 0.2) is 77.8 Å². The monoisotopic (exact) mass is 475 g/mol. The molecule has 3 aromatic rings. The average molecular weight is 476 g/mol. The quantitative estimate of drug-likeness (QED) is 0.146. The number of esters is 2. The molecule has 0 aliphatic rings. The van der Waals surface area contributed by atoms with E-state index in [0.717, 1.165) is 17.7 Å². The number of rotatable bonds is 12. The van der Waals surface area contributed by atoms with E-state index in [1.807, 2.05) is 13.8 Å². The lowest BCUT2D eigenvalue weighted by Gasteiger charge is -2.07. The van der Waals surface area contributed by atoms with Crippen molar-refractivity contribution in [2.75, 3.05) is 26.4 Å². The fraction of sp³-hybridized carbons (Fsp3) is 0.250. The highest BCUT2D eigenvalue weighted by Gasteiger charge is 2.09. The van der Waals surface area contributed by atoms with Crippen LogP contribution in [-0.2, 0) is 9.47 Å². The first-order valence-electron chi connectivity index (χ1n) is 11.5. The van der Waals surface area contributed by atoms with Gasteiger partial charge in [0.15, 0.2) is 0 Å². The molecule has 7 nitrogen and oxygen atoms in total. The van der Waals surface area contributed by atoms with Crippen molar-refractivity contribution >= 4 is 23.8 Å². The third-order valence-corrected chi connectivity index (χ3v) is 4.78. The Hall–Kier alpha value is -3.97. The van der Waals surface area contributed by atoms with Crippen molar-refractivity contribution in [3.63, 3.8) is 0 Å². The largest absolute Gasteiger partial charge is 0.494 e. The van der Waals surface area contributed by atoms with Gasteiger partial charge in [0.05, 0.1) is 30.0 Å². The summed E-state index contributed by atoms with van der Waals surface area (Å²) in [6.07, 6.45) is 2.61. The topological polar surface area (TPSA) is 83.4 Å². The number of nitrogens with zero attached hydrogens (tertiary/aromatic N) is 1. The zero-order valence-corrected chi connectivity index (χ0v) is 19.9. The third-order valence-electron chi connectivity index (χ3n) is 4.78. The summed E-state index contributed by atoms with van der Waals surface area (Å²) in [6, 6.07) is 20.7. The maximum Gasteiger partial charge on any atom is 0.343 e. The minimum absolute atomic E-state index is 0.220. The number of ether oxygens (including phenoxy) is 4. The molecule has 0 unspecified atom stereocenters. The van der Waals surface area contributed by atoms with Gasteiger partial charge in [-0.05, 0) is 91.7 Å². The molecular formula is C28H29NO6. The van der Waals surface area contributed by atoms with E-state index in [1.165, 1.54) is 0 Å². The standard InChI is InChI=1S/C28H29NO6/c1-3-17-33-25-15-9-23(10-16-25)28(31)35-26-13-5-21(6-14-26)20-29-24-11-7-22(8-12-24)27(30)34-19-18-32-4-2/h5-16,20H,3-4,17-19H2,1-2H3. The molecule has 35 heavy (non-hydrogen) atoms. The molecule has 3 aromatic carbocycles. The van der Waals surface area contributed by atoms with Crippen molar-refractivity contribution in [1.29, 1.82) is 0 Å². The van der Waals surface area contributed by atoms with Crippen LogP contribution in [0.25, 0.3) is 0 Å². The smallest absolute Gasteiger partial charge is 0.343 e. The molecule has 0 aliphatic heterocycles. The Balaban J connectivity index is 1.51. The van der Waals surface area contributed by atoms with Crippen LogP contribution in [0.1, 0.15) is 46.5 Å². The van der Waals surface area contributed by atoms with Crippen LogP contribution < -0.4 is 9.47 Å². The summed E-state index contributed by atoms with van der Waals surface area (Å²) in [5.74, 6) is 0.320. The Bertz CT molecular complexity index is 1110. The summed E-state index contributed by atoms with van der Waals surface area (Å²) < 4.78 is 21.3. The average Bonchev–Trinajstić information content (AvgIpc) is 2.90. The SMILES string of the molecule is CCCOc1ccc(C(=O)Oc2ccc(C=Nc3ccc(C(=O)OCCOCC)cc3)cc2)cc1. The van der Waals surface area contributed by atoms with Crippen LogP contribution in [0.2, 0.25) is 0 Å². The van der Waals surface area contributed by atoms with Crippen molar-refractivity contribution in [3.05, 3.63) is 89.5 Å². The second kappa shape index (κ2) is 13.7. The van der Waals surface area contributed by atoms with Crippen molar-refractivity contribution in [2.45, 2.75) is 20.3 Å². The summed E-state index contributed by atoms with van der Waals surface area (Å²) in [5.41, 5.74) is 2.43. The minimum Gasteiger partial charge on any atom is -0.494 e. The van der Waals surface area contributed by atoms with Crippen LogP contribution in [0, 0.1) is 0 Å². The number of hydrogen-bond acceptors (Lipinski definition) is 7. The Morgan fingerprint density at radius 1 is 0.743 bits per heavy atom. The maximum absolute atomic E-state index is 12.4. The van der Waals surface area contributed by atoms with Crippen LogP contribution in [0.3, 0.4) is 0 Å². The lowest BCUT2D eigenvalue weighted by Crippen LogP contribution is -2.10. The predicted molar refractivity (Wildman–Crippen MR) is 134 cm³/mol. The van der Waals surface area contributed by atoms with E-state index in [4.69, 9.17) is 18.9 Å². The first-order valence-corrected chi connectivity index (χ1v) is 11.5. The van der Waals surface area contributed by atoms with Gasteiger partial charge in [0.25, 0.3) is 0 Å².